The van der Waals surface area contributed by atoms with Gasteiger partial charge >= 0.3 is 0 Å². The monoisotopic (exact) mass is 206 g/mol. The van der Waals surface area contributed by atoms with Crippen molar-refractivity contribution in [1.82, 2.24) is 4.98 Å². The fourth-order valence-corrected chi connectivity index (χ4v) is 0.932. The van der Waals surface area contributed by atoms with E-state index in [1.54, 1.807) is 0 Å². The molecule has 72 valence electrons. The lowest BCUT2D eigenvalue weighted by molar-refractivity contribution is 0.0623. The van der Waals surface area contributed by atoms with Crippen molar-refractivity contribution in [1.29, 1.82) is 0 Å². The Morgan fingerprint density at radius 3 is 2.54 bits per heavy atom. The number of rotatable bonds is 2. The summed E-state index contributed by atoms with van der Waals surface area (Å²) < 4.78 is 24.8. The summed E-state index contributed by atoms with van der Waals surface area (Å²) in [6, 6.07) is 2.88. The molecule has 0 aliphatic heterocycles. The van der Waals surface area contributed by atoms with E-state index in [0.717, 1.165) is 0 Å². The topological polar surface area (TPSA) is 38.9 Å². The Morgan fingerprint density at radius 2 is 2.15 bits per heavy atom. The molecule has 0 amide bonds. The largest absolute Gasteiger partial charge is 0.317 e. The standard InChI is InChI=1S/C8H9ClF2N2/c1-8(12,7(10)11)5-2-3-6(9)13-4-5/h2-4,7H,12H2,1H3. The number of halogens is 3. The van der Waals surface area contributed by atoms with Crippen LogP contribution in [0.5, 0.6) is 0 Å². The number of hydrogen-bond acceptors (Lipinski definition) is 2. The normalized spacial score (nSPS) is 15.8. The second kappa shape index (κ2) is 3.55. The van der Waals surface area contributed by atoms with Gasteiger partial charge in [-0.25, -0.2) is 13.8 Å². The average Bonchev–Trinajstić information content (AvgIpc) is 2.04. The first-order valence-corrected chi connectivity index (χ1v) is 4.01. The molecule has 2 nitrogen and oxygen atoms in total. The number of nitrogens with zero attached hydrogens (tertiary/aromatic N) is 1. The van der Waals surface area contributed by atoms with E-state index in [9.17, 15) is 8.78 Å². The molecule has 1 aromatic rings. The molecule has 1 rings (SSSR count). The summed E-state index contributed by atoms with van der Waals surface area (Å²) in [7, 11) is 0. The SMILES string of the molecule is CC(N)(c1ccc(Cl)nc1)C(F)F. The minimum Gasteiger partial charge on any atom is -0.317 e. The van der Waals surface area contributed by atoms with Crippen LogP contribution in [0.4, 0.5) is 8.78 Å². The van der Waals surface area contributed by atoms with E-state index in [1.165, 1.54) is 25.3 Å². The van der Waals surface area contributed by atoms with E-state index in [2.05, 4.69) is 4.98 Å². The molecule has 1 heterocycles. The summed E-state index contributed by atoms with van der Waals surface area (Å²) in [4.78, 5) is 3.68. The molecule has 0 aliphatic carbocycles. The van der Waals surface area contributed by atoms with Crippen molar-refractivity contribution in [2.24, 2.45) is 5.73 Å². The van der Waals surface area contributed by atoms with E-state index >= 15 is 0 Å². The first-order valence-electron chi connectivity index (χ1n) is 3.63. The van der Waals surface area contributed by atoms with Gasteiger partial charge in [0.15, 0.2) is 0 Å². The van der Waals surface area contributed by atoms with Crippen LogP contribution in [-0.4, -0.2) is 11.4 Å². The molecule has 2 N–H and O–H groups in total. The Hall–Kier alpha value is -0.740. The highest BCUT2D eigenvalue weighted by atomic mass is 35.5. The van der Waals surface area contributed by atoms with Crippen LogP contribution in [0.2, 0.25) is 5.15 Å². The molecule has 0 aliphatic rings. The molecule has 0 saturated carbocycles. The van der Waals surface area contributed by atoms with Gasteiger partial charge < -0.3 is 5.73 Å². The van der Waals surface area contributed by atoms with Crippen LogP contribution in [0.25, 0.3) is 0 Å². The zero-order chi connectivity index (χ0) is 10.1. The van der Waals surface area contributed by atoms with Crippen molar-refractivity contribution in [3.8, 4) is 0 Å². The van der Waals surface area contributed by atoms with E-state index in [0.29, 0.717) is 0 Å². The minimum absolute atomic E-state index is 0.258. The van der Waals surface area contributed by atoms with Crippen molar-refractivity contribution >= 4 is 11.6 Å². The molecule has 1 atom stereocenters. The quantitative estimate of drug-likeness (QED) is 0.754. The molecule has 5 heteroatoms. The van der Waals surface area contributed by atoms with Gasteiger partial charge in [-0.3, -0.25) is 0 Å². The third-order valence-corrected chi connectivity index (χ3v) is 2.03. The first kappa shape index (κ1) is 10.3. The van der Waals surface area contributed by atoms with Gasteiger partial charge in [0, 0.05) is 6.20 Å². The number of pyridine rings is 1. The third kappa shape index (κ3) is 2.14. The molecule has 0 bridgehead atoms. The Kier molecular flexibility index (Phi) is 2.83. The maximum absolute atomic E-state index is 12.4. The Bertz CT molecular complexity index is 285. The highest BCUT2D eigenvalue weighted by molar-refractivity contribution is 6.29. The van der Waals surface area contributed by atoms with Crippen LogP contribution < -0.4 is 5.73 Å². The average molecular weight is 207 g/mol. The number of nitrogens with two attached hydrogens (primary N) is 1. The van der Waals surface area contributed by atoms with E-state index < -0.39 is 12.0 Å². The van der Waals surface area contributed by atoms with Crippen molar-refractivity contribution in [2.75, 3.05) is 0 Å². The highest BCUT2D eigenvalue weighted by Gasteiger charge is 2.32. The van der Waals surface area contributed by atoms with Crippen LogP contribution in [0, 0.1) is 0 Å². The summed E-state index contributed by atoms with van der Waals surface area (Å²) in [5.74, 6) is 0. The second-order valence-corrected chi connectivity index (χ2v) is 3.34. The van der Waals surface area contributed by atoms with Crippen molar-refractivity contribution in [3.05, 3.63) is 29.0 Å². The van der Waals surface area contributed by atoms with Crippen LogP contribution in [-0.2, 0) is 5.54 Å². The lowest BCUT2D eigenvalue weighted by Gasteiger charge is -2.23. The van der Waals surface area contributed by atoms with Crippen LogP contribution in [0.1, 0.15) is 12.5 Å². The van der Waals surface area contributed by atoms with Gasteiger partial charge in [0.1, 0.15) is 10.7 Å². The van der Waals surface area contributed by atoms with E-state index in [4.69, 9.17) is 17.3 Å². The molecule has 1 unspecified atom stereocenters. The molecule has 13 heavy (non-hydrogen) atoms. The minimum atomic E-state index is -2.63. The second-order valence-electron chi connectivity index (χ2n) is 2.95. The number of hydrogen-bond donors (Lipinski definition) is 1. The summed E-state index contributed by atoms with van der Waals surface area (Å²) in [6.45, 7) is 1.25. The summed E-state index contributed by atoms with van der Waals surface area (Å²) in [5.41, 5.74) is 4.00. The Morgan fingerprint density at radius 1 is 1.54 bits per heavy atom. The number of aromatic nitrogens is 1. The predicted octanol–water partition coefficient (Wildman–Crippen LogP) is 2.17. The van der Waals surface area contributed by atoms with Gasteiger partial charge in [-0.1, -0.05) is 17.7 Å². The van der Waals surface area contributed by atoms with Crippen molar-refractivity contribution < 1.29 is 8.78 Å². The van der Waals surface area contributed by atoms with Crippen molar-refractivity contribution in [3.63, 3.8) is 0 Å². The zero-order valence-corrected chi connectivity index (χ0v) is 7.72. The zero-order valence-electron chi connectivity index (χ0n) is 6.97. The maximum atomic E-state index is 12.4. The van der Waals surface area contributed by atoms with Crippen LogP contribution in [0.3, 0.4) is 0 Å². The lowest BCUT2D eigenvalue weighted by Crippen LogP contribution is -2.40. The first-order chi connectivity index (χ1) is 5.94. The summed E-state index contributed by atoms with van der Waals surface area (Å²) in [6.07, 6.45) is -1.37. The van der Waals surface area contributed by atoms with Crippen LogP contribution in [0.15, 0.2) is 18.3 Å². The molecular weight excluding hydrogens is 198 g/mol. The fraction of sp³-hybridized carbons (Fsp3) is 0.375. The predicted molar refractivity (Wildman–Crippen MR) is 46.8 cm³/mol. The van der Waals surface area contributed by atoms with Crippen LogP contribution >= 0.6 is 11.6 Å². The van der Waals surface area contributed by atoms with Gasteiger partial charge in [-0.05, 0) is 18.6 Å². The smallest absolute Gasteiger partial charge is 0.260 e. The molecule has 0 fully saturated rings. The van der Waals surface area contributed by atoms with Gasteiger partial charge in [-0.2, -0.15) is 0 Å². The maximum Gasteiger partial charge on any atom is 0.260 e. The van der Waals surface area contributed by atoms with E-state index in [-0.39, 0.29) is 10.7 Å². The number of alkyl halides is 2. The molecule has 0 spiro atoms. The van der Waals surface area contributed by atoms with Gasteiger partial charge in [0.05, 0.1) is 0 Å². The lowest BCUT2D eigenvalue weighted by atomic mass is 9.96. The van der Waals surface area contributed by atoms with Gasteiger partial charge in [-0.15, -0.1) is 0 Å². The third-order valence-electron chi connectivity index (χ3n) is 1.80. The summed E-state index contributed by atoms with van der Waals surface area (Å²) >= 11 is 5.50. The molecule has 0 saturated heterocycles. The van der Waals surface area contributed by atoms with Crippen molar-refractivity contribution in [2.45, 2.75) is 18.9 Å². The molecule has 1 aromatic heterocycles. The van der Waals surface area contributed by atoms with Gasteiger partial charge in [0.25, 0.3) is 6.43 Å². The Balaban J connectivity index is 3.01. The van der Waals surface area contributed by atoms with Gasteiger partial charge in [0.2, 0.25) is 0 Å². The Labute approximate surface area is 79.7 Å². The van der Waals surface area contributed by atoms with E-state index in [1.807, 2.05) is 0 Å². The molecular formula is C8H9ClF2N2. The molecule has 0 aromatic carbocycles. The molecule has 0 radical (unpaired) electrons. The highest BCUT2D eigenvalue weighted by Crippen LogP contribution is 2.24. The summed E-state index contributed by atoms with van der Waals surface area (Å²) in [5, 5.41) is 0.258. The fourth-order valence-electron chi connectivity index (χ4n) is 0.820.